The van der Waals surface area contributed by atoms with Crippen molar-refractivity contribution in [2.24, 2.45) is 5.41 Å². The summed E-state index contributed by atoms with van der Waals surface area (Å²) in [5.74, 6) is 0.214. The molecule has 0 radical (unpaired) electrons. The Kier molecular flexibility index (Phi) is 4.62. The number of benzene rings is 1. The SMILES string of the molecule is CCC(=O)c1ccc(NCC2(C)CCCCC2)cc1. The molecule has 1 fully saturated rings. The summed E-state index contributed by atoms with van der Waals surface area (Å²) in [6, 6.07) is 7.90. The number of carbonyl (C=O) groups is 1. The van der Waals surface area contributed by atoms with Gasteiger partial charge in [0, 0.05) is 24.2 Å². The van der Waals surface area contributed by atoms with Crippen molar-refractivity contribution in [3.63, 3.8) is 0 Å². The van der Waals surface area contributed by atoms with Gasteiger partial charge in [-0.05, 0) is 42.5 Å². The van der Waals surface area contributed by atoms with E-state index in [0.717, 1.165) is 17.8 Å². The fourth-order valence-corrected chi connectivity index (χ4v) is 2.88. The number of carbonyl (C=O) groups excluding carboxylic acids is 1. The van der Waals surface area contributed by atoms with Gasteiger partial charge in [-0.3, -0.25) is 4.79 Å². The van der Waals surface area contributed by atoms with Crippen LogP contribution in [0.2, 0.25) is 0 Å². The second kappa shape index (κ2) is 6.23. The largest absolute Gasteiger partial charge is 0.384 e. The van der Waals surface area contributed by atoms with E-state index in [9.17, 15) is 4.79 Å². The van der Waals surface area contributed by atoms with Gasteiger partial charge in [0.05, 0.1) is 0 Å². The van der Waals surface area contributed by atoms with Gasteiger partial charge < -0.3 is 5.32 Å². The Hall–Kier alpha value is -1.31. The van der Waals surface area contributed by atoms with E-state index in [1.165, 1.54) is 32.1 Å². The zero-order chi connectivity index (χ0) is 13.7. The lowest BCUT2D eigenvalue weighted by Crippen LogP contribution is -2.28. The van der Waals surface area contributed by atoms with Gasteiger partial charge in [0.1, 0.15) is 0 Å². The van der Waals surface area contributed by atoms with E-state index in [-0.39, 0.29) is 5.78 Å². The van der Waals surface area contributed by atoms with Crippen molar-refractivity contribution in [1.82, 2.24) is 0 Å². The van der Waals surface area contributed by atoms with Gasteiger partial charge >= 0.3 is 0 Å². The first-order valence-corrected chi connectivity index (χ1v) is 7.50. The lowest BCUT2D eigenvalue weighted by Gasteiger charge is -2.34. The molecule has 0 amide bonds. The zero-order valence-corrected chi connectivity index (χ0v) is 12.2. The van der Waals surface area contributed by atoms with Crippen molar-refractivity contribution >= 4 is 11.5 Å². The number of hydrogen-bond acceptors (Lipinski definition) is 2. The van der Waals surface area contributed by atoms with Crippen molar-refractivity contribution in [2.45, 2.75) is 52.4 Å². The quantitative estimate of drug-likeness (QED) is 0.779. The van der Waals surface area contributed by atoms with Crippen molar-refractivity contribution in [3.05, 3.63) is 29.8 Å². The Balaban J connectivity index is 1.91. The third-order valence-electron chi connectivity index (χ3n) is 4.31. The minimum atomic E-state index is 0.214. The number of nitrogens with one attached hydrogen (secondary N) is 1. The summed E-state index contributed by atoms with van der Waals surface area (Å²) in [4.78, 5) is 11.6. The van der Waals surface area contributed by atoms with Crippen LogP contribution in [0.1, 0.15) is 62.7 Å². The number of rotatable bonds is 5. The highest BCUT2D eigenvalue weighted by Crippen LogP contribution is 2.35. The summed E-state index contributed by atoms with van der Waals surface area (Å²) in [6.07, 6.45) is 7.34. The van der Waals surface area contributed by atoms with Crippen LogP contribution in [0.4, 0.5) is 5.69 Å². The van der Waals surface area contributed by atoms with Crippen LogP contribution in [0.25, 0.3) is 0 Å². The summed E-state index contributed by atoms with van der Waals surface area (Å²) in [6.45, 7) is 5.32. The van der Waals surface area contributed by atoms with E-state index < -0.39 is 0 Å². The molecule has 1 N–H and O–H groups in total. The van der Waals surface area contributed by atoms with Gasteiger partial charge in [0.15, 0.2) is 5.78 Å². The van der Waals surface area contributed by atoms with Crippen LogP contribution < -0.4 is 5.32 Å². The van der Waals surface area contributed by atoms with E-state index in [4.69, 9.17) is 0 Å². The Labute approximate surface area is 116 Å². The number of hydrogen-bond donors (Lipinski definition) is 1. The minimum absolute atomic E-state index is 0.214. The summed E-state index contributed by atoms with van der Waals surface area (Å²) in [5.41, 5.74) is 2.38. The van der Waals surface area contributed by atoms with Crippen molar-refractivity contribution in [2.75, 3.05) is 11.9 Å². The zero-order valence-electron chi connectivity index (χ0n) is 12.2. The summed E-state index contributed by atoms with van der Waals surface area (Å²) in [5, 5.41) is 3.53. The van der Waals surface area contributed by atoms with Gasteiger partial charge in [0.25, 0.3) is 0 Å². The topological polar surface area (TPSA) is 29.1 Å². The minimum Gasteiger partial charge on any atom is -0.384 e. The lowest BCUT2D eigenvalue weighted by atomic mass is 9.76. The van der Waals surface area contributed by atoms with Crippen LogP contribution in [0.5, 0.6) is 0 Å². The molecule has 1 aromatic rings. The first-order valence-electron chi connectivity index (χ1n) is 7.50. The van der Waals surface area contributed by atoms with E-state index in [0.29, 0.717) is 11.8 Å². The highest BCUT2D eigenvalue weighted by atomic mass is 16.1. The molecule has 0 bridgehead atoms. The highest BCUT2D eigenvalue weighted by Gasteiger charge is 2.26. The van der Waals surface area contributed by atoms with Gasteiger partial charge in [-0.15, -0.1) is 0 Å². The first-order chi connectivity index (χ1) is 9.13. The molecule has 1 aromatic carbocycles. The molecule has 19 heavy (non-hydrogen) atoms. The van der Waals surface area contributed by atoms with Crippen LogP contribution in [0.15, 0.2) is 24.3 Å². The number of Topliss-reactive ketones (excluding diaryl/α,β-unsaturated/α-hetero) is 1. The van der Waals surface area contributed by atoms with Gasteiger partial charge in [-0.1, -0.05) is 33.1 Å². The molecule has 0 saturated heterocycles. The van der Waals surface area contributed by atoms with E-state index >= 15 is 0 Å². The van der Waals surface area contributed by atoms with Gasteiger partial charge in [-0.25, -0.2) is 0 Å². The van der Waals surface area contributed by atoms with Crippen molar-refractivity contribution in [1.29, 1.82) is 0 Å². The Bertz CT molecular complexity index is 415. The van der Waals surface area contributed by atoms with Crippen molar-refractivity contribution < 1.29 is 4.79 Å². The highest BCUT2D eigenvalue weighted by molar-refractivity contribution is 5.96. The average Bonchev–Trinajstić information content (AvgIpc) is 2.46. The van der Waals surface area contributed by atoms with Gasteiger partial charge in [0.2, 0.25) is 0 Å². The number of anilines is 1. The van der Waals surface area contributed by atoms with Crippen LogP contribution in [-0.4, -0.2) is 12.3 Å². The molecule has 1 aliphatic carbocycles. The predicted octanol–water partition coefficient (Wildman–Crippen LogP) is 4.66. The summed E-state index contributed by atoms with van der Waals surface area (Å²) < 4.78 is 0. The van der Waals surface area contributed by atoms with Crippen LogP contribution in [-0.2, 0) is 0 Å². The maximum Gasteiger partial charge on any atom is 0.162 e. The molecule has 0 aliphatic heterocycles. The summed E-state index contributed by atoms with van der Waals surface area (Å²) in [7, 11) is 0. The summed E-state index contributed by atoms with van der Waals surface area (Å²) >= 11 is 0. The smallest absolute Gasteiger partial charge is 0.162 e. The molecule has 0 unspecified atom stereocenters. The standard InChI is InChI=1S/C17H25NO/c1-3-16(19)14-7-9-15(10-8-14)18-13-17(2)11-5-4-6-12-17/h7-10,18H,3-6,11-13H2,1-2H3. The molecule has 0 aromatic heterocycles. The van der Waals surface area contributed by atoms with Crippen LogP contribution >= 0.6 is 0 Å². The molecule has 2 rings (SSSR count). The fraction of sp³-hybridized carbons (Fsp3) is 0.588. The molecule has 0 heterocycles. The number of ketones is 1. The second-order valence-corrected chi connectivity index (χ2v) is 6.08. The van der Waals surface area contributed by atoms with Crippen LogP contribution in [0.3, 0.4) is 0 Å². The van der Waals surface area contributed by atoms with Gasteiger partial charge in [-0.2, -0.15) is 0 Å². The molecule has 104 valence electrons. The first kappa shape index (κ1) is 14.1. The Morgan fingerprint density at radius 3 is 2.37 bits per heavy atom. The molecule has 0 atom stereocenters. The Morgan fingerprint density at radius 1 is 1.16 bits per heavy atom. The second-order valence-electron chi connectivity index (χ2n) is 6.08. The predicted molar refractivity (Wildman–Crippen MR) is 80.7 cm³/mol. The average molecular weight is 259 g/mol. The maximum absolute atomic E-state index is 11.6. The molecular weight excluding hydrogens is 234 g/mol. The molecule has 0 spiro atoms. The third kappa shape index (κ3) is 3.82. The van der Waals surface area contributed by atoms with Crippen LogP contribution in [0, 0.1) is 5.41 Å². The van der Waals surface area contributed by atoms with E-state index in [1.807, 2.05) is 31.2 Å². The fourth-order valence-electron chi connectivity index (χ4n) is 2.88. The van der Waals surface area contributed by atoms with E-state index in [2.05, 4.69) is 12.2 Å². The third-order valence-corrected chi connectivity index (χ3v) is 4.31. The Morgan fingerprint density at radius 2 is 1.79 bits per heavy atom. The molecule has 1 aliphatic rings. The lowest BCUT2D eigenvalue weighted by molar-refractivity contribution is 0.0988. The van der Waals surface area contributed by atoms with E-state index in [1.54, 1.807) is 0 Å². The molecular formula is C17H25NO. The normalized spacial score (nSPS) is 18.0. The maximum atomic E-state index is 11.6. The molecule has 1 saturated carbocycles. The molecule has 2 nitrogen and oxygen atoms in total. The monoisotopic (exact) mass is 259 g/mol. The van der Waals surface area contributed by atoms with Crippen molar-refractivity contribution in [3.8, 4) is 0 Å². The molecule has 2 heteroatoms.